The Kier molecular flexibility index (Phi) is 32.9. The summed E-state index contributed by atoms with van der Waals surface area (Å²) in [6, 6.07) is 0. The van der Waals surface area contributed by atoms with E-state index in [2.05, 4.69) is 26.6 Å². The highest BCUT2D eigenvalue weighted by Gasteiger charge is 2.13. The third-order valence-corrected chi connectivity index (χ3v) is 7.80. The van der Waals surface area contributed by atoms with E-state index in [1.54, 1.807) is 0 Å². The monoisotopic (exact) mass is 620 g/mol. The van der Waals surface area contributed by atoms with E-state index >= 15 is 0 Å². The van der Waals surface area contributed by atoms with Crippen molar-refractivity contribution in [1.29, 1.82) is 0 Å². The quantitative estimate of drug-likeness (QED) is 0.0405. The number of ether oxygens (including phenoxy) is 6. The summed E-state index contributed by atoms with van der Waals surface area (Å²) in [6.07, 6.45) is 20.3. The minimum atomic E-state index is -1.45. The van der Waals surface area contributed by atoms with E-state index in [1.807, 2.05) is 0 Å². The molecule has 0 fully saturated rings. The van der Waals surface area contributed by atoms with Crippen LogP contribution < -0.4 is 0 Å². The zero-order valence-electron chi connectivity index (χ0n) is 28.1. The zero-order valence-corrected chi connectivity index (χ0v) is 29.1. The number of carbonyl (C=O) groups excluding carboxylic acids is 1. The lowest BCUT2D eigenvalue weighted by molar-refractivity contribution is -0.145. The lowest BCUT2D eigenvalue weighted by Crippen LogP contribution is -2.27. The van der Waals surface area contributed by atoms with Crippen LogP contribution in [0.5, 0.6) is 0 Å². The van der Waals surface area contributed by atoms with E-state index in [0.29, 0.717) is 85.7 Å². The molecule has 0 N–H and O–H groups in total. The van der Waals surface area contributed by atoms with Crippen molar-refractivity contribution >= 4 is 14.3 Å². The van der Waals surface area contributed by atoms with Crippen LogP contribution in [0.4, 0.5) is 0 Å². The summed E-state index contributed by atoms with van der Waals surface area (Å²) in [4.78, 5) is 11.8. The van der Waals surface area contributed by atoms with Gasteiger partial charge in [0.05, 0.1) is 72.7 Å². The van der Waals surface area contributed by atoms with Crippen LogP contribution in [0.15, 0.2) is 0 Å². The van der Waals surface area contributed by atoms with Crippen LogP contribution in [0.25, 0.3) is 0 Å². The predicted molar refractivity (Wildman–Crippen MR) is 174 cm³/mol. The van der Waals surface area contributed by atoms with Gasteiger partial charge in [0.25, 0.3) is 0 Å². The molecule has 0 heterocycles. The molecule has 0 rings (SSSR count). The second-order valence-electron chi connectivity index (χ2n) is 11.9. The van der Waals surface area contributed by atoms with E-state index in [1.165, 1.54) is 83.5 Å². The van der Waals surface area contributed by atoms with Crippen molar-refractivity contribution in [3.05, 3.63) is 0 Å². The molecule has 252 valence electrons. The Morgan fingerprint density at radius 2 is 0.738 bits per heavy atom. The maximum Gasteiger partial charge on any atom is 0.305 e. The van der Waals surface area contributed by atoms with Crippen LogP contribution in [-0.2, 0) is 37.6 Å². The van der Waals surface area contributed by atoms with E-state index in [0.717, 1.165) is 12.8 Å². The largest absolute Gasteiger partial charge is 0.463 e. The predicted octanol–water partition coefficient (Wildman–Crippen LogP) is 7.73. The molecule has 0 amide bonds. The van der Waals surface area contributed by atoms with Gasteiger partial charge in [0.15, 0.2) is 8.32 Å². The van der Waals surface area contributed by atoms with E-state index < -0.39 is 8.32 Å². The van der Waals surface area contributed by atoms with Crippen LogP contribution in [0.3, 0.4) is 0 Å². The third-order valence-electron chi connectivity index (χ3n) is 6.73. The van der Waals surface area contributed by atoms with Crippen molar-refractivity contribution < 1.29 is 37.6 Å². The molecule has 9 heteroatoms. The molecule has 0 aromatic carbocycles. The first-order valence-corrected chi connectivity index (χ1v) is 20.5. The van der Waals surface area contributed by atoms with Crippen LogP contribution in [0, 0.1) is 0 Å². The van der Waals surface area contributed by atoms with E-state index in [4.69, 9.17) is 32.8 Å². The second-order valence-corrected chi connectivity index (χ2v) is 16.5. The number of hydrogen-bond acceptors (Lipinski definition) is 8. The van der Waals surface area contributed by atoms with Crippen molar-refractivity contribution in [3.63, 3.8) is 0 Å². The van der Waals surface area contributed by atoms with Gasteiger partial charge in [-0.05, 0) is 26.1 Å². The van der Waals surface area contributed by atoms with E-state index in [-0.39, 0.29) is 5.97 Å². The summed E-state index contributed by atoms with van der Waals surface area (Å²) in [5, 5.41) is 0. The SMILES string of the molecule is CCCCCCCCCCCCCCCCCC(=O)OCCOCCOCCOCCOCCOCCO[Si](C)(C)C. The Hall–Kier alpha value is -0.553. The molecule has 0 aromatic rings. The van der Waals surface area contributed by atoms with Gasteiger partial charge >= 0.3 is 5.97 Å². The summed E-state index contributed by atoms with van der Waals surface area (Å²) in [5.41, 5.74) is 0. The topological polar surface area (TPSA) is 81.7 Å². The van der Waals surface area contributed by atoms with Crippen LogP contribution in [-0.4, -0.2) is 93.6 Å². The zero-order chi connectivity index (χ0) is 30.8. The molecule has 42 heavy (non-hydrogen) atoms. The first kappa shape index (κ1) is 41.4. The first-order chi connectivity index (χ1) is 20.5. The van der Waals surface area contributed by atoms with E-state index in [9.17, 15) is 4.79 Å². The molecule has 0 aliphatic heterocycles. The molecule has 0 spiro atoms. The Morgan fingerprint density at radius 1 is 0.429 bits per heavy atom. The summed E-state index contributed by atoms with van der Waals surface area (Å²) >= 11 is 0. The highest BCUT2D eigenvalue weighted by atomic mass is 28.4. The van der Waals surface area contributed by atoms with Crippen molar-refractivity contribution in [2.24, 2.45) is 0 Å². The van der Waals surface area contributed by atoms with Gasteiger partial charge in [-0.1, -0.05) is 96.8 Å². The van der Waals surface area contributed by atoms with Gasteiger partial charge in [-0.15, -0.1) is 0 Å². The van der Waals surface area contributed by atoms with Gasteiger partial charge in [-0.25, -0.2) is 0 Å². The Labute approximate surface area is 260 Å². The maximum absolute atomic E-state index is 11.8. The summed E-state index contributed by atoms with van der Waals surface area (Å²) < 4.78 is 38.3. The fourth-order valence-electron chi connectivity index (χ4n) is 4.32. The Morgan fingerprint density at radius 3 is 1.10 bits per heavy atom. The normalized spacial score (nSPS) is 11.8. The Balaban J connectivity index is 3.16. The van der Waals surface area contributed by atoms with Crippen LogP contribution >= 0.6 is 0 Å². The lowest BCUT2D eigenvalue weighted by Gasteiger charge is -2.16. The molecule has 0 aliphatic carbocycles. The molecule has 0 aromatic heterocycles. The second kappa shape index (κ2) is 33.3. The molecule has 0 atom stereocenters. The number of esters is 1. The van der Waals surface area contributed by atoms with Crippen LogP contribution in [0.2, 0.25) is 19.6 Å². The molecule has 0 radical (unpaired) electrons. The number of carbonyl (C=O) groups is 1. The fourth-order valence-corrected chi connectivity index (χ4v) is 5.01. The number of rotatable bonds is 35. The minimum Gasteiger partial charge on any atom is -0.463 e. The smallest absolute Gasteiger partial charge is 0.305 e. The lowest BCUT2D eigenvalue weighted by atomic mass is 10.0. The molecule has 0 saturated heterocycles. The van der Waals surface area contributed by atoms with Crippen molar-refractivity contribution in [2.45, 2.75) is 129 Å². The van der Waals surface area contributed by atoms with Gasteiger partial charge in [0, 0.05) is 6.42 Å². The van der Waals surface area contributed by atoms with Crippen molar-refractivity contribution in [1.82, 2.24) is 0 Å². The molecular formula is C33H68O8Si. The average molecular weight is 621 g/mol. The van der Waals surface area contributed by atoms with Crippen molar-refractivity contribution in [2.75, 3.05) is 79.3 Å². The van der Waals surface area contributed by atoms with Crippen LogP contribution in [0.1, 0.15) is 110 Å². The molecule has 0 bridgehead atoms. The Bertz CT molecular complexity index is 545. The maximum atomic E-state index is 11.8. The van der Waals surface area contributed by atoms with Gasteiger partial charge < -0.3 is 32.8 Å². The summed E-state index contributed by atoms with van der Waals surface area (Å²) in [7, 11) is -1.45. The average Bonchev–Trinajstić information content (AvgIpc) is 2.95. The fraction of sp³-hybridized carbons (Fsp3) is 0.970. The molecule has 0 aliphatic rings. The molecule has 0 saturated carbocycles. The van der Waals surface area contributed by atoms with Gasteiger partial charge in [-0.3, -0.25) is 4.79 Å². The standard InChI is InChI=1S/C33H68O8Si/c1-5-6-7-8-9-10-11-12-13-14-15-16-17-18-19-20-33(34)40-31-29-38-27-25-36-23-21-35-22-24-37-26-28-39-30-32-41-42(2,3)4/h5-32H2,1-4H3. The van der Waals surface area contributed by atoms with Crippen molar-refractivity contribution in [3.8, 4) is 0 Å². The molecule has 8 nitrogen and oxygen atoms in total. The minimum absolute atomic E-state index is 0.120. The van der Waals surface area contributed by atoms with Gasteiger partial charge in [-0.2, -0.15) is 0 Å². The molecular weight excluding hydrogens is 552 g/mol. The summed E-state index contributed by atoms with van der Waals surface area (Å²) in [5.74, 6) is -0.120. The first-order valence-electron chi connectivity index (χ1n) is 17.1. The summed E-state index contributed by atoms with van der Waals surface area (Å²) in [6.45, 7) is 14.9. The van der Waals surface area contributed by atoms with Gasteiger partial charge in [0.1, 0.15) is 6.61 Å². The number of unbranched alkanes of at least 4 members (excludes halogenated alkanes) is 14. The highest BCUT2D eigenvalue weighted by Crippen LogP contribution is 2.13. The molecule has 0 unspecified atom stereocenters. The third kappa shape index (κ3) is 37.5. The highest BCUT2D eigenvalue weighted by molar-refractivity contribution is 6.69. The number of hydrogen-bond donors (Lipinski definition) is 0. The van der Waals surface area contributed by atoms with Gasteiger partial charge in [0.2, 0.25) is 0 Å².